The highest BCUT2D eigenvalue weighted by molar-refractivity contribution is 5.80. The molecule has 3 rings (SSSR count). The Balaban J connectivity index is 2.22. The molecule has 0 spiro atoms. The van der Waals surface area contributed by atoms with Crippen LogP contribution in [-0.4, -0.2) is 0 Å². The van der Waals surface area contributed by atoms with Crippen LogP contribution in [0.4, 0.5) is 22.7 Å². The van der Waals surface area contributed by atoms with Crippen molar-refractivity contribution in [2.24, 2.45) is 0 Å². The molecular weight excluding hydrogens is 268 g/mol. The van der Waals surface area contributed by atoms with E-state index in [2.05, 4.69) is 73.3 Å². The van der Waals surface area contributed by atoms with Crippen LogP contribution in [0.25, 0.3) is 0 Å². The van der Waals surface area contributed by atoms with Crippen LogP contribution in [0.15, 0.2) is 72.8 Å². The van der Waals surface area contributed by atoms with Gasteiger partial charge in [0.15, 0.2) is 0 Å². The van der Waals surface area contributed by atoms with Crippen molar-refractivity contribution < 1.29 is 0 Å². The SMILES string of the molecule is Cc1cccc(C)c1N(c1ccccc1)c1ccc(N)cc1. The van der Waals surface area contributed by atoms with E-state index in [-0.39, 0.29) is 0 Å². The molecule has 0 aliphatic rings. The third-order valence-electron chi connectivity index (χ3n) is 3.83. The Labute approximate surface area is 131 Å². The maximum atomic E-state index is 5.85. The van der Waals surface area contributed by atoms with E-state index in [9.17, 15) is 0 Å². The zero-order valence-corrected chi connectivity index (χ0v) is 13.0. The molecule has 0 fully saturated rings. The number of nitrogen functional groups attached to an aromatic ring is 1. The molecule has 22 heavy (non-hydrogen) atoms. The summed E-state index contributed by atoms with van der Waals surface area (Å²) in [4.78, 5) is 2.28. The molecule has 2 heteroatoms. The number of nitrogens with zero attached hydrogens (tertiary/aromatic N) is 1. The van der Waals surface area contributed by atoms with E-state index in [1.54, 1.807) is 0 Å². The number of anilines is 4. The van der Waals surface area contributed by atoms with Gasteiger partial charge in [-0.2, -0.15) is 0 Å². The summed E-state index contributed by atoms with van der Waals surface area (Å²) in [5.41, 5.74) is 12.6. The topological polar surface area (TPSA) is 29.3 Å². The van der Waals surface area contributed by atoms with Gasteiger partial charge in [0.1, 0.15) is 0 Å². The summed E-state index contributed by atoms with van der Waals surface area (Å²) in [5, 5.41) is 0. The summed E-state index contributed by atoms with van der Waals surface area (Å²) in [7, 11) is 0. The maximum Gasteiger partial charge on any atom is 0.0519 e. The first-order valence-electron chi connectivity index (χ1n) is 7.44. The van der Waals surface area contributed by atoms with E-state index in [1.807, 2.05) is 18.2 Å². The molecule has 0 aromatic heterocycles. The highest BCUT2D eigenvalue weighted by Crippen LogP contribution is 2.38. The molecule has 0 atom stereocenters. The predicted molar refractivity (Wildman–Crippen MR) is 95.0 cm³/mol. The standard InChI is InChI=1S/C20H20N2/c1-15-7-6-8-16(2)20(15)22(18-9-4-3-5-10-18)19-13-11-17(21)12-14-19/h3-14H,21H2,1-2H3. The quantitative estimate of drug-likeness (QED) is 0.658. The van der Waals surface area contributed by atoms with Crippen molar-refractivity contribution in [2.45, 2.75) is 13.8 Å². The van der Waals surface area contributed by atoms with Crippen molar-refractivity contribution in [1.82, 2.24) is 0 Å². The maximum absolute atomic E-state index is 5.85. The van der Waals surface area contributed by atoms with E-state index >= 15 is 0 Å². The number of nitrogens with two attached hydrogens (primary N) is 1. The summed E-state index contributed by atoms with van der Waals surface area (Å²) >= 11 is 0. The number of hydrogen-bond acceptors (Lipinski definition) is 2. The van der Waals surface area contributed by atoms with Gasteiger partial charge in [0.25, 0.3) is 0 Å². The van der Waals surface area contributed by atoms with Crippen molar-refractivity contribution in [3.63, 3.8) is 0 Å². The van der Waals surface area contributed by atoms with E-state index in [0.29, 0.717) is 0 Å². The van der Waals surface area contributed by atoms with Crippen LogP contribution < -0.4 is 10.6 Å². The van der Waals surface area contributed by atoms with Gasteiger partial charge in [-0.3, -0.25) is 0 Å². The Morgan fingerprint density at radius 2 is 1.18 bits per heavy atom. The zero-order valence-electron chi connectivity index (χ0n) is 13.0. The Morgan fingerprint density at radius 1 is 0.636 bits per heavy atom. The van der Waals surface area contributed by atoms with Crippen LogP contribution in [0, 0.1) is 13.8 Å². The first-order valence-corrected chi connectivity index (χ1v) is 7.44. The average molecular weight is 288 g/mol. The summed E-state index contributed by atoms with van der Waals surface area (Å²) in [5.74, 6) is 0. The van der Waals surface area contributed by atoms with E-state index in [4.69, 9.17) is 5.73 Å². The third-order valence-corrected chi connectivity index (χ3v) is 3.83. The molecule has 3 aromatic rings. The molecule has 0 bridgehead atoms. The summed E-state index contributed by atoms with van der Waals surface area (Å²) in [6.45, 7) is 4.30. The second-order valence-corrected chi connectivity index (χ2v) is 5.50. The van der Waals surface area contributed by atoms with Crippen LogP contribution in [0.5, 0.6) is 0 Å². The minimum atomic E-state index is 0.776. The molecule has 2 N–H and O–H groups in total. The van der Waals surface area contributed by atoms with Crippen molar-refractivity contribution >= 4 is 22.7 Å². The third kappa shape index (κ3) is 2.68. The van der Waals surface area contributed by atoms with E-state index in [0.717, 1.165) is 17.1 Å². The van der Waals surface area contributed by atoms with E-state index < -0.39 is 0 Å². The van der Waals surface area contributed by atoms with Gasteiger partial charge in [-0.1, -0.05) is 36.4 Å². The monoisotopic (exact) mass is 288 g/mol. The minimum Gasteiger partial charge on any atom is -0.399 e. The first-order chi connectivity index (χ1) is 10.7. The normalized spacial score (nSPS) is 10.5. The minimum absolute atomic E-state index is 0.776. The molecule has 2 nitrogen and oxygen atoms in total. The Kier molecular flexibility index (Phi) is 3.84. The lowest BCUT2D eigenvalue weighted by Gasteiger charge is -2.28. The van der Waals surface area contributed by atoms with Gasteiger partial charge in [-0.25, -0.2) is 0 Å². The Hall–Kier alpha value is -2.74. The second-order valence-electron chi connectivity index (χ2n) is 5.50. The van der Waals surface area contributed by atoms with Crippen LogP contribution in [0.3, 0.4) is 0 Å². The summed E-state index contributed by atoms with van der Waals surface area (Å²) < 4.78 is 0. The smallest absolute Gasteiger partial charge is 0.0519 e. The zero-order chi connectivity index (χ0) is 15.5. The number of aryl methyl sites for hydroxylation is 2. The van der Waals surface area contributed by atoms with Gasteiger partial charge in [0.2, 0.25) is 0 Å². The molecular formula is C20H20N2. The van der Waals surface area contributed by atoms with Crippen molar-refractivity contribution in [2.75, 3.05) is 10.6 Å². The molecule has 0 aliphatic heterocycles. The summed E-state index contributed by atoms with van der Waals surface area (Å²) in [6.07, 6.45) is 0. The van der Waals surface area contributed by atoms with Gasteiger partial charge >= 0.3 is 0 Å². The van der Waals surface area contributed by atoms with Crippen molar-refractivity contribution in [3.8, 4) is 0 Å². The second kappa shape index (κ2) is 5.94. The summed E-state index contributed by atoms with van der Waals surface area (Å²) in [6, 6.07) is 24.8. The van der Waals surface area contributed by atoms with Gasteiger partial charge in [-0.05, 0) is 61.4 Å². The fraction of sp³-hybridized carbons (Fsp3) is 0.100. The molecule has 110 valence electrons. The van der Waals surface area contributed by atoms with Crippen LogP contribution in [0.1, 0.15) is 11.1 Å². The molecule has 0 unspecified atom stereocenters. The lowest BCUT2D eigenvalue weighted by molar-refractivity contribution is 1.22. The molecule has 0 saturated carbocycles. The Bertz CT molecular complexity index is 741. The first kappa shape index (κ1) is 14.2. The molecule has 0 amide bonds. The average Bonchev–Trinajstić information content (AvgIpc) is 2.53. The van der Waals surface area contributed by atoms with Gasteiger partial charge in [-0.15, -0.1) is 0 Å². The van der Waals surface area contributed by atoms with Gasteiger partial charge < -0.3 is 10.6 Å². The lowest BCUT2D eigenvalue weighted by atomic mass is 10.1. The van der Waals surface area contributed by atoms with Crippen molar-refractivity contribution in [1.29, 1.82) is 0 Å². The Morgan fingerprint density at radius 3 is 1.77 bits per heavy atom. The molecule has 0 radical (unpaired) electrons. The highest BCUT2D eigenvalue weighted by Gasteiger charge is 2.15. The van der Waals surface area contributed by atoms with Crippen LogP contribution in [0.2, 0.25) is 0 Å². The van der Waals surface area contributed by atoms with Crippen LogP contribution >= 0.6 is 0 Å². The molecule has 0 saturated heterocycles. The lowest BCUT2D eigenvalue weighted by Crippen LogP contribution is -2.12. The highest BCUT2D eigenvalue weighted by atomic mass is 15.1. The van der Waals surface area contributed by atoms with Gasteiger partial charge in [0.05, 0.1) is 5.69 Å². The molecule has 0 heterocycles. The van der Waals surface area contributed by atoms with Gasteiger partial charge in [0, 0.05) is 17.1 Å². The number of rotatable bonds is 3. The fourth-order valence-corrected chi connectivity index (χ4v) is 2.77. The number of benzene rings is 3. The number of para-hydroxylation sites is 2. The molecule has 3 aromatic carbocycles. The van der Waals surface area contributed by atoms with Crippen LogP contribution in [-0.2, 0) is 0 Å². The van der Waals surface area contributed by atoms with Crippen molar-refractivity contribution in [3.05, 3.63) is 83.9 Å². The molecule has 0 aliphatic carbocycles. The fourth-order valence-electron chi connectivity index (χ4n) is 2.77. The number of hydrogen-bond donors (Lipinski definition) is 1. The largest absolute Gasteiger partial charge is 0.399 e. The predicted octanol–water partition coefficient (Wildman–Crippen LogP) is 5.36. The van der Waals surface area contributed by atoms with E-state index in [1.165, 1.54) is 16.8 Å².